The summed E-state index contributed by atoms with van der Waals surface area (Å²) in [5.74, 6) is -0.874. The van der Waals surface area contributed by atoms with E-state index in [1.54, 1.807) is 18.2 Å². The van der Waals surface area contributed by atoms with Crippen molar-refractivity contribution < 1.29 is 13.9 Å². The van der Waals surface area contributed by atoms with E-state index in [4.69, 9.17) is 4.74 Å². The summed E-state index contributed by atoms with van der Waals surface area (Å²) in [6.07, 6.45) is 5.64. The molecule has 0 unspecified atom stereocenters. The second-order valence-electron chi connectivity index (χ2n) is 6.74. The number of hydrogen-bond donors (Lipinski definition) is 0. The number of hydrogen-bond acceptors (Lipinski definition) is 3. The van der Waals surface area contributed by atoms with Crippen LogP contribution in [-0.4, -0.2) is 11.0 Å². The van der Waals surface area contributed by atoms with Crippen LogP contribution in [-0.2, 0) is 12.8 Å². The summed E-state index contributed by atoms with van der Waals surface area (Å²) in [5.41, 5.74) is 3.79. The van der Waals surface area contributed by atoms with E-state index in [0.29, 0.717) is 5.75 Å². The zero-order valence-electron chi connectivity index (χ0n) is 16.2. The number of rotatable bonds is 7. The molecular formula is C24H24FNO2. The van der Waals surface area contributed by atoms with Crippen molar-refractivity contribution in [2.45, 2.75) is 39.5 Å². The van der Waals surface area contributed by atoms with Crippen LogP contribution in [0.25, 0.3) is 11.3 Å². The largest absolute Gasteiger partial charge is 0.423 e. The number of carbonyl (C=O) groups excluding carboxylic acids is 1. The van der Waals surface area contributed by atoms with Crippen LogP contribution < -0.4 is 4.74 Å². The summed E-state index contributed by atoms with van der Waals surface area (Å²) in [4.78, 5) is 16.8. The van der Waals surface area contributed by atoms with Crippen molar-refractivity contribution >= 4 is 5.97 Å². The molecule has 0 aliphatic rings. The van der Waals surface area contributed by atoms with Crippen molar-refractivity contribution in [3.05, 3.63) is 83.3 Å². The molecule has 3 rings (SSSR count). The van der Waals surface area contributed by atoms with E-state index >= 15 is 0 Å². The molecule has 144 valence electrons. The van der Waals surface area contributed by atoms with Gasteiger partial charge >= 0.3 is 5.97 Å². The zero-order chi connectivity index (χ0) is 19.9. The fraction of sp³-hybridized carbons (Fsp3) is 0.250. The molecule has 1 aromatic heterocycles. The molecular weight excluding hydrogens is 353 g/mol. The van der Waals surface area contributed by atoms with Gasteiger partial charge in [0.15, 0.2) is 0 Å². The Hall–Kier alpha value is -3.01. The molecule has 0 bridgehead atoms. The molecule has 0 aliphatic carbocycles. The van der Waals surface area contributed by atoms with Crippen LogP contribution in [0.3, 0.4) is 0 Å². The summed E-state index contributed by atoms with van der Waals surface area (Å²) in [7, 11) is 0. The van der Waals surface area contributed by atoms with Crippen molar-refractivity contribution in [3.63, 3.8) is 0 Å². The fourth-order valence-electron chi connectivity index (χ4n) is 2.92. The predicted octanol–water partition coefficient (Wildman–Crippen LogP) is 6.01. The van der Waals surface area contributed by atoms with Gasteiger partial charge in [0.1, 0.15) is 11.6 Å². The number of carbonyl (C=O) groups is 1. The smallest absolute Gasteiger partial charge is 0.346 e. The third kappa shape index (κ3) is 4.83. The second-order valence-corrected chi connectivity index (χ2v) is 6.74. The third-order valence-corrected chi connectivity index (χ3v) is 4.67. The van der Waals surface area contributed by atoms with Crippen molar-refractivity contribution in [3.8, 4) is 17.0 Å². The van der Waals surface area contributed by atoms with Gasteiger partial charge < -0.3 is 4.74 Å². The first-order valence-electron chi connectivity index (χ1n) is 9.66. The van der Waals surface area contributed by atoms with Gasteiger partial charge in [0.25, 0.3) is 0 Å². The number of nitrogens with zero attached hydrogens (tertiary/aromatic N) is 1. The Morgan fingerprint density at radius 2 is 1.75 bits per heavy atom. The standard InChI is InChI=1S/C24H24FNO2/c1-3-5-6-18-7-13-21(22(25)15-18)24(27)28-20-11-9-19(10-12-20)23-14-8-17(4-2)16-26-23/h7-16H,3-6H2,1-2H3. The molecule has 0 spiro atoms. The van der Waals surface area contributed by atoms with Crippen LogP contribution in [0.1, 0.15) is 48.2 Å². The van der Waals surface area contributed by atoms with E-state index in [1.165, 1.54) is 17.7 Å². The minimum atomic E-state index is -0.697. The maximum Gasteiger partial charge on any atom is 0.346 e. The third-order valence-electron chi connectivity index (χ3n) is 4.67. The summed E-state index contributed by atoms with van der Waals surface area (Å²) in [6.45, 7) is 4.17. The first kappa shape index (κ1) is 19.7. The summed E-state index contributed by atoms with van der Waals surface area (Å²) >= 11 is 0. The lowest BCUT2D eigenvalue weighted by Gasteiger charge is -2.08. The molecule has 0 N–H and O–H groups in total. The average Bonchev–Trinajstić information content (AvgIpc) is 2.73. The number of unbranched alkanes of at least 4 members (excludes halogenated alkanes) is 1. The van der Waals surface area contributed by atoms with Crippen LogP contribution in [0.5, 0.6) is 5.75 Å². The Morgan fingerprint density at radius 3 is 2.36 bits per heavy atom. The van der Waals surface area contributed by atoms with Crippen LogP contribution in [0, 0.1) is 5.82 Å². The molecule has 3 nitrogen and oxygen atoms in total. The molecule has 0 aliphatic heterocycles. The highest BCUT2D eigenvalue weighted by atomic mass is 19.1. The molecule has 28 heavy (non-hydrogen) atoms. The molecule has 0 saturated heterocycles. The van der Waals surface area contributed by atoms with Gasteiger partial charge in [-0.3, -0.25) is 4.98 Å². The van der Waals surface area contributed by atoms with Gasteiger partial charge in [-0.05, 0) is 72.9 Å². The predicted molar refractivity (Wildman–Crippen MR) is 109 cm³/mol. The summed E-state index contributed by atoms with van der Waals surface area (Å²) in [6, 6.07) is 15.8. The fourth-order valence-corrected chi connectivity index (χ4v) is 2.92. The van der Waals surface area contributed by atoms with Crippen molar-refractivity contribution in [1.29, 1.82) is 0 Å². The van der Waals surface area contributed by atoms with E-state index in [-0.39, 0.29) is 5.56 Å². The Kier molecular flexibility index (Phi) is 6.53. The molecule has 2 aromatic carbocycles. The number of pyridine rings is 1. The number of aromatic nitrogens is 1. The molecule has 0 fully saturated rings. The first-order chi connectivity index (χ1) is 13.6. The van der Waals surface area contributed by atoms with Gasteiger partial charge in [-0.25, -0.2) is 9.18 Å². The number of aryl methyl sites for hydroxylation is 2. The lowest BCUT2D eigenvalue weighted by atomic mass is 10.1. The molecule has 0 radical (unpaired) electrons. The van der Waals surface area contributed by atoms with Crippen LogP contribution in [0.4, 0.5) is 4.39 Å². The molecule has 4 heteroatoms. The van der Waals surface area contributed by atoms with Crippen molar-refractivity contribution in [2.75, 3.05) is 0 Å². The summed E-state index contributed by atoms with van der Waals surface area (Å²) < 4.78 is 19.6. The lowest BCUT2D eigenvalue weighted by Crippen LogP contribution is -2.11. The van der Waals surface area contributed by atoms with Crippen molar-refractivity contribution in [2.24, 2.45) is 0 Å². The van der Waals surface area contributed by atoms with Crippen LogP contribution in [0.2, 0.25) is 0 Å². The quantitative estimate of drug-likeness (QED) is 0.374. The monoisotopic (exact) mass is 377 g/mol. The van der Waals surface area contributed by atoms with E-state index < -0.39 is 11.8 Å². The SMILES string of the molecule is CCCCc1ccc(C(=O)Oc2ccc(-c3ccc(CC)cn3)cc2)c(F)c1. The number of ether oxygens (including phenoxy) is 1. The highest BCUT2D eigenvalue weighted by Gasteiger charge is 2.15. The van der Waals surface area contributed by atoms with Gasteiger partial charge in [0.05, 0.1) is 11.3 Å². The van der Waals surface area contributed by atoms with E-state index in [2.05, 4.69) is 18.8 Å². The Balaban J connectivity index is 1.68. The number of benzene rings is 2. The van der Waals surface area contributed by atoms with Crippen LogP contribution in [0.15, 0.2) is 60.8 Å². The van der Waals surface area contributed by atoms with Gasteiger partial charge in [0.2, 0.25) is 0 Å². The first-order valence-corrected chi connectivity index (χ1v) is 9.66. The number of esters is 1. The highest BCUT2D eigenvalue weighted by molar-refractivity contribution is 5.91. The number of halogens is 1. The topological polar surface area (TPSA) is 39.2 Å². The van der Waals surface area contributed by atoms with Gasteiger partial charge in [-0.15, -0.1) is 0 Å². The van der Waals surface area contributed by atoms with Crippen LogP contribution >= 0.6 is 0 Å². The van der Waals surface area contributed by atoms with Crippen molar-refractivity contribution in [1.82, 2.24) is 4.98 Å². The molecule has 0 saturated carbocycles. The molecule has 3 aromatic rings. The minimum Gasteiger partial charge on any atom is -0.423 e. The Labute approximate surface area is 165 Å². The van der Waals surface area contributed by atoms with Gasteiger partial charge in [0, 0.05) is 11.8 Å². The maximum atomic E-state index is 14.3. The summed E-state index contributed by atoms with van der Waals surface area (Å²) in [5, 5.41) is 0. The lowest BCUT2D eigenvalue weighted by molar-refractivity contribution is 0.0730. The molecule has 1 heterocycles. The van der Waals surface area contributed by atoms with Gasteiger partial charge in [-0.1, -0.05) is 32.4 Å². The molecule has 0 atom stereocenters. The second kappa shape index (κ2) is 9.27. The maximum absolute atomic E-state index is 14.3. The van der Waals surface area contributed by atoms with E-state index in [9.17, 15) is 9.18 Å². The zero-order valence-corrected chi connectivity index (χ0v) is 16.2. The van der Waals surface area contributed by atoms with E-state index in [1.807, 2.05) is 30.5 Å². The van der Waals surface area contributed by atoms with Gasteiger partial charge in [-0.2, -0.15) is 0 Å². The van der Waals surface area contributed by atoms with E-state index in [0.717, 1.165) is 42.5 Å². The minimum absolute atomic E-state index is 0.0545. The Morgan fingerprint density at radius 1 is 1.00 bits per heavy atom. The average molecular weight is 377 g/mol. The normalized spacial score (nSPS) is 10.7. The molecule has 0 amide bonds. The Bertz CT molecular complexity index is 934. The highest BCUT2D eigenvalue weighted by Crippen LogP contribution is 2.22.